The molecule has 2 fully saturated rings. The Hall–Kier alpha value is -0.970. The molecule has 2 aromatic rings. The fourth-order valence-corrected chi connectivity index (χ4v) is 4.55. The maximum atomic E-state index is 4.67. The first-order chi connectivity index (χ1) is 9.92. The maximum Gasteiger partial charge on any atom is 0.0843 e. The van der Waals surface area contributed by atoms with E-state index in [-0.39, 0.29) is 0 Å². The van der Waals surface area contributed by atoms with Crippen molar-refractivity contribution in [1.82, 2.24) is 15.0 Å². The van der Waals surface area contributed by atoms with Crippen molar-refractivity contribution in [2.24, 2.45) is 0 Å². The van der Waals surface area contributed by atoms with E-state index in [1.807, 2.05) is 0 Å². The standard InChI is InChI=1S/C16H21N3S/c1-2-15-14(9-12(1)13-5-8-18-10-13)16(20-19-15)11-3-6-17-7-4-11/h1-2,9,11,13,17-18H,3-8,10H2. The van der Waals surface area contributed by atoms with Crippen LogP contribution in [0.1, 0.15) is 41.5 Å². The number of piperidine rings is 1. The zero-order chi connectivity index (χ0) is 13.4. The first-order valence-corrected chi connectivity index (χ1v) is 8.50. The highest BCUT2D eigenvalue weighted by Crippen LogP contribution is 2.36. The third-order valence-corrected chi connectivity index (χ3v) is 5.81. The van der Waals surface area contributed by atoms with Gasteiger partial charge in [-0.25, -0.2) is 0 Å². The lowest BCUT2D eigenvalue weighted by molar-refractivity contribution is 0.467. The first kappa shape index (κ1) is 12.7. The largest absolute Gasteiger partial charge is 0.317 e. The average Bonchev–Trinajstić information content (AvgIpc) is 3.17. The number of rotatable bonds is 2. The number of fused-ring (bicyclic) bond motifs is 1. The van der Waals surface area contributed by atoms with E-state index in [9.17, 15) is 0 Å². The predicted octanol–water partition coefficient (Wildman–Crippen LogP) is 2.84. The summed E-state index contributed by atoms with van der Waals surface area (Å²) in [6.45, 7) is 4.59. The molecule has 3 heterocycles. The Bertz CT molecular complexity index is 595. The Balaban J connectivity index is 1.71. The summed E-state index contributed by atoms with van der Waals surface area (Å²) in [7, 11) is 0. The van der Waals surface area contributed by atoms with Gasteiger partial charge in [0, 0.05) is 16.8 Å². The molecule has 0 bridgehead atoms. The van der Waals surface area contributed by atoms with Crippen LogP contribution in [0.2, 0.25) is 0 Å². The van der Waals surface area contributed by atoms with Gasteiger partial charge >= 0.3 is 0 Å². The van der Waals surface area contributed by atoms with Crippen molar-refractivity contribution in [3.05, 3.63) is 28.6 Å². The average molecular weight is 287 g/mol. The Labute approximate surface area is 123 Å². The van der Waals surface area contributed by atoms with Crippen LogP contribution in [0.3, 0.4) is 0 Å². The first-order valence-electron chi connectivity index (χ1n) is 7.72. The molecule has 1 aromatic carbocycles. The second kappa shape index (κ2) is 5.43. The van der Waals surface area contributed by atoms with Crippen molar-refractivity contribution in [3.63, 3.8) is 0 Å². The topological polar surface area (TPSA) is 37.0 Å². The van der Waals surface area contributed by atoms with E-state index in [4.69, 9.17) is 0 Å². The number of benzene rings is 1. The van der Waals surface area contributed by atoms with Crippen molar-refractivity contribution >= 4 is 22.4 Å². The molecule has 1 unspecified atom stereocenters. The summed E-state index contributed by atoms with van der Waals surface area (Å²) in [5.41, 5.74) is 2.69. The van der Waals surface area contributed by atoms with Crippen molar-refractivity contribution < 1.29 is 0 Å². The van der Waals surface area contributed by atoms with Crippen LogP contribution in [0.15, 0.2) is 18.2 Å². The van der Waals surface area contributed by atoms with Gasteiger partial charge in [0.2, 0.25) is 0 Å². The van der Waals surface area contributed by atoms with Crippen LogP contribution in [-0.2, 0) is 0 Å². The summed E-state index contributed by atoms with van der Waals surface area (Å²) in [6, 6.07) is 6.93. The Morgan fingerprint density at radius 2 is 1.80 bits per heavy atom. The molecule has 3 nitrogen and oxygen atoms in total. The molecule has 0 aliphatic carbocycles. The van der Waals surface area contributed by atoms with E-state index in [1.165, 1.54) is 40.6 Å². The lowest BCUT2D eigenvalue weighted by atomic mass is 9.92. The molecule has 106 valence electrons. The van der Waals surface area contributed by atoms with Gasteiger partial charge in [-0.1, -0.05) is 6.07 Å². The summed E-state index contributed by atoms with van der Waals surface area (Å²) in [6.07, 6.45) is 3.78. The molecule has 20 heavy (non-hydrogen) atoms. The van der Waals surface area contributed by atoms with Gasteiger partial charge in [0.15, 0.2) is 0 Å². The molecule has 2 aliphatic heterocycles. The predicted molar refractivity (Wildman–Crippen MR) is 84.7 cm³/mol. The number of nitrogens with zero attached hydrogens (tertiary/aromatic N) is 1. The SMILES string of the molecule is c1cc2nsc(C3CCNCC3)c2cc1C1CCNC1. The molecule has 4 heteroatoms. The lowest BCUT2D eigenvalue weighted by Gasteiger charge is -2.21. The minimum Gasteiger partial charge on any atom is -0.317 e. The van der Waals surface area contributed by atoms with Gasteiger partial charge in [0.1, 0.15) is 0 Å². The minimum atomic E-state index is 0.695. The quantitative estimate of drug-likeness (QED) is 0.892. The Morgan fingerprint density at radius 1 is 1.00 bits per heavy atom. The lowest BCUT2D eigenvalue weighted by Crippen LogP contribution is -2.26. The number of nitrogens with one attached hydrogen (secondary N) is 2. The molecule has 0 saturated carbocycles. The molecular weight excluding hydrogens is 266 g/mol. The fraction of sp³-hybridized carbons (Fsp3) is 0.562. The highest BCUT2D eigenvalue weighted by atomic mass is 32.1. The van der Waals surface area contributed by atoms with Crippen LogP contribution in [-0.4, -0.2) is 30.6 Å². The van der Waals surface area contributed by atoms with Crippen LogP contribution in [0.4, 0.5) is 0 Å². The third kappa shape index (κ3) is 2.26. The second-order valence-electron chi connectivity index (χ2n) is 6.04. The van der Waals surface area contributed by atoms with Crippen molar-refractivity contribution in [1.29, 1.82) is 0 Å². The molecule has 2 N–H and O–H groups in total. The summed E-state index contributed by atoms with van der Waals surface area (Å²) in [4.78, 5) is 1.52. The highest BCUT2D eigenvalue weighted by molar-refractivity contribution is 7.07. The number of aromatic nitrogens is 1. The monoisotopic (exact) mass is 287 g/mol. The van der Waals surface area contributed by atoms with E-state index in [2.05, 4.69) is 33.2 Å². The third-order valence-electron chi connectivity index (χ3n) is 4.77. The maximum absolute atomic E-state index is 4.67. The summed E-state index contributed by atoms with van der Waals surface area (Å²) in [5, 5.41) is 8.35. The molecule has 2 aliphatic rings. The summed E-state index contributed by atoms with van der Waals surface area (Å²) < 4.78 is 4.67. The molecule has 0 radical (unpaired) electrons. The van der Waals surface area contributed by atoms with Crippen LogP contribution < -0.4 is 10.6 Å². The van der Waals surface area contributed by atoms with Gasteiger partial charge in [-0.05, 0) is 80.0 Å². The van der Waals surface area contributed by atoms with Crippen LogP contribution in [0.5, 0.6) is 0 Å². The van der Waals surface area contributed by atoms with Gasteiger partial charge < -0.3 is 10.6 Å². The molecule has 2 saturated heterocycles. The van der Waals surface area contributed by atoms with E-state index < -0.39 is 0 Å². The van der Waals surface area contributed by atoms with Crippen LogP contribution in [0, 0.1) is 0 Å². The van der Waals surface area contributed by atoms with Crippen LogP contribution in [0.25, 0.3) is 10.9 Å². The zero-order valence-corrected chi connectivity index (χ0v) is 12.5. The molecular formula is C16H21N3S. The summed E-state index contributed by atoms with van der Waals surface area (Å²) >= 11 is 1.73. The fourth-order valence-electron chi connectivity index (χ4n) is 3.55. The minimum absolute atomic E-state index is 0.695. The van der Waals surface area contributed by atoms with E-state index >= 15 is 0 Å². The molecule has 4 rings (SSSR count). The van der Waals surface area contributed by atoms with Gasteiger partial charge in [0.25, 0.3) is 0 Å². The summed E-state index contributed by atoms with van der Waals surface area (Å²) in [5.74, 6) is 1.41. The normalized spacial score (nSPS) is 24.5. The van der Waals surface area contributed by atoms with E-state index in [0.717, 1.165) is 26.2 Å². The number of hydrogen-bond acceptors (Lipinski definition) is 4. The van der Waals surface area contributed by atoms with Crippen molar-refractivity contribution in [2.45, 2.75) is 31.1 Å². The van der Waals surface area contributed by atoms with E-state index in [1.54, 1.807) is 11.5 Å². The van der Waals surface area contributed by atoms with E-state index in [0.29, 0.717) is 11.8 Å². The van der Waals surface area contributed by atoms with Gasteiger partial charge in [-0.3, -0.25) is 0 Å². The highest BCUT2D eigenvalue weighted by Gasteiger charge is 2.22. The van der Waals surface area contributed by atoms with Gasteiger partial charge in [0.05, 0.1) is 5.52 Å². The Kier molecular flexibility index (Phi) is 3.46. The van der Waals surface area contributed by atoms with Crippen molar-refractivity contribution in [2.75, 3.05) is 26.2 Å². The number of hydrogen-bond donors (Lipinski definition) is 2. The molecule has 1 aromatic heterocycles. The van der Waals surface area contributed by atoms with Gasteiger partial charge in [-0.2, -0.15) is 4.37 Å². The molecule has 0 spiro atoms. The molecule has 1 atom stereocenters. The van der Waals surface area contributed by atoms with Gasteiger partial charge in [-0.15, -0.1) is 0 Å². The Morgan fingerprint density at radius 3 is 2.60 bits per heavy atom. The van der Waals surface area contributed by atoms with Crippen LogP contribution >= 0.6 is 11.5 Å². The smallest absolute Gasteiger partial charge is 0.0843 e. The van der Waals surface area contributed by atoms with Crippen molar-refractivity contribution in [3.8, 4) is 0 Å². The zero-order valence-electron chi connectivity index (χ0n) is 11.7. The molecule has 0 amide bonds. The second-order valence-corrected chi connectivity index (χ2v) is 6.84.